The Morgan fingerprint density at radius 1 is 0.538 bits per heavy atom. The third-order valence-corrected chi connectivity index (χ3v) is 5.32. The van der Waals surface area contributed by atoms with Gasteiger partial charge in [-0.1, -0.05) is 41.5 Å². The predicted molar refractivity (Wildman–Crippen MR) is 155 cm³/mol. The van der Waals surface area contributed by atoms with E-state index < -0.39 is 49.2 Å². The van der Waals surface area contributed by atoms with Gasteiger partial charge in [0.15, 0.2) is 0 Å². The van der Waals surface area contributed by atoms with Crippen molar-refractivity contribution in [3.8, 4) is 0 Å². The van der Waals surface area contributed by atoms with Gasteiger partial charge in [-0.25, -0.2) is 28.1 Å². The van der Waals surface area contributed by atoms with Crippen molar-refractivity contribution in [3.63, 3.8) is 0 Å². The van der Waals surface area contributed by atoms with Crippen molar-refractivity contribution in [2.45, 2.75) is 94.7 Å². The lowest BCUT2D eigenvalue weighted by Crippen LogP contribution is -2.55. The van der Waals surface area contributed by atoms with Crippen LogP contribution in [0.3, 0.4) is 0 Å². The second-order valence-corrected chi connectivity index (χ2v) is 14.6. The standard InChI is InChI=1S/C24H39N3O9S3/c1-22(2,37)13-16(28)34-10-7-25-19(31)26(8-11-35-17(29)14-23(3,4)38)21(33)27(20(25)32)9-12-36-18(30)15-24(5,6)39/h37-39H,7-15H2,1-6H3. The summed E-state index contributed by atoms with van der Waals surface area (Å²) in [4.78, 5) is 75.1. The largest absolute Gasteiger partial charge is 0.464 e. The lowest BCUT2D eigenvalue weighted by atomic mass is 10.1. The summed E-state index contributed by atoms with van der Waals surface area (Å²) in [6, 6.07) is 0. The van der Waals surface area contributed by atoms with Crippen LogP contribution in [0.25, 0.3) is 0 Å². The van der Waals surface area contributed by atoms with Crippen LogP contribution in [-0.4, -0.2) is 65.7 Å². The number of rotatable bonds is 15. The normalized spacial score (nSPS) is 12.2. The van der Waals surface area contributed by atoms with E-state index in [9.17, 15) is 28.8 Å². The monoisotopic (exact) mass is 609 g/mol. The van der Waals surface area contributed by atoms with Gasteiger partial charge in [-0.05, 0) is 0 Å². The molecule has 1 rings (SSSR count). The first-order valence-electron chi connectivity index (χ1n) is 12.3. The molecule has 0 saturated heterocycles. The summed E-state index contributed by atoms with van der Waals surface area (Å²) in [6.45, 7) is 8.42. The average molecular weight is 610 g/mol. The predicted octanol–water partition coefficient (Wildman–Crippen LogP) is 1.10. The van der Waals surface area contributed by atoms with Gasteiger partial charge in [-0.15, -0.1) is 0 Å². The van der Waals surface area contributed by atoms with Crippen LogP contribution in [0.5, 0.6) is 0 Å². The second-order valence-electron chi connectivity index (χ2n) is 10.9. The molecule has 0 aliphatic rings. The minimum atomic E-state index is -0.966. The van der Waals surface area contributed by atoms with Gasteiger partial charge >= 0.3 is 35.0 Å². The summed E-state index contributed by atoms with van der Waals surface area (Å²) in [6.07, 6.45) is -0.00698. The SMILES string of the molecule is CC(C)(S)CC(=O)OCCn1c(=O)n(CCOC(=O)CC(C)(C)S)c(=O)n(CCOC(=O)CC(C)(C)S)c1=O. The van der Waals surface area contributed by atoms with Crippen molar-refractivity contribution >= 4 is 55.8 Å². The molecule has 39 heavy (non-hydrogen) atoms. The summed E-state index contributed by atoms with van der Waals surface area (Å²) < 4.78 is 15.7. The van der Waals surface area contributed by atoms with Crippen LogP contribution in [0.1, 0.15) is 60.8 Å². The molecule has 0 N–H and O–H groups in total. The topological polar surface area (TPSA) is 145 Å². The van der Waals surface area contributed by atoms with Crippen LogP contribution in [0.15, 0.2) is 14.4 Å². The highest BCUT2D eigenvalue weighted by atomic mass is 32.1. The van der Waals surface area contributed by atoms with Gasteiger partial charge in [0.25, 0.3) is 0 Å². The second kappa shape index (κ2) is 14.5. The van der Waals surface area contributed by atoms with Gasteiger partial charge in [0.2, 0.25) is 0 Å². The number of thiol groups is 3. The zero-order chi connectivity index (χ0) is 30.2. The van der Waals surface area contributed by atoms with Crippen molar-refractivity contribution in [2.75, 3.05) is 19.8 Å². The van der Waals surface area contributed by atoms with E-state index in [0.717, 1.165) is 13.7 Å². The van der Waals surface area contributed by atoms with Gasteiger partial charge < -0.3 is 14.2 Å². The Balaban J connectivity index is 3.16. The number of esters is 3. The van der Waals surface area contributed by atoms with Crippen molar-refractivity contribution in [2.24, 2.45) is 0 Å². The Bertz CT molecular complexity index is 1020. The first kappa shape index (κ1) is 34.9. The number of hydrogen-bond donors (Lipinski definition) is 3. The van der Waals surface area contributed by atoms with Crippen molar-refractivity contribution < 1.29 is 28.6 Å². The van der Waals surface area contributed by atoms with E-state index in [2.05, 4.69) is 37.9 Å². The van der Waals surface area contributed by atoms with Crippen LogP contribution in [0, 0.1) is 0 Å². The van der Waals surface area contributed by atoms with Crippen LogP contribution in [0.2, 0.25) is 0 Å². The lowest BCUT2D eigenvalue weighted by molar-refractivity contribution is -0.145. The molecule has 0 fully saturated rings. The van der Waals surface area contributed by atoms with Gasteiger partial charge in [-0.3, -0.25) is 14.4 Å². The summed E-state index contributed by atoms with van der Waals surface area (Å²) in [5, 5.41) is 0. The van der Waals surface area contributed by atoms with E-state index in [4.69, 9.17) is 14.2 Å². The molecule has 0 radical (unpaired) electrons. The summed E-state index contributed by atoms with van der Waals surface area (Å²) in [5.74, 6) is -1.72. The molecule has 1 heterocycles. The Hall–Kier alpha value is -2.13. The van der Waals surface area contributed by atoms with Crippen LogP contribution in [-0.2, 0) is 48.2 Å². The van der Waals surface area contributed by atoms with E-state index in [1.807, 2.05) is 0 Å². The van der Waals surface area contributed by atoms with Crippen LogP contribution < -0.4 is 17.1 Å². The number of carbonyl (C=O) groups excluding carboxylic acids is 3. The molecule has 0 atom stereocenters. The average Bonchev–Trinajstić information content (AvgIpc) is 2.71. The molecule has 0 aromatic carbocycles. The first-order chi connectivity index (χ1) is 17.7. The van der Waals surface area contributed by atoms with Gasteiger partial charge in [0.05, 0.1) is 38.9 Å². The Labute approximate surface area is 243 Å². The Kier molecular flexibility index (Phi) is 13.0. The van der Waals surface area contributed by atoms with Crippen LogP contribution in [0.4, 0.5) is 0 Å². The van der Waals surface area contributed by atoms with E-state index in [0.29, 0.717) is 0 Å². The Morgan fingerprint density at radius 3 is 0.923 bits per heavy atom. The molecule has 222 valence electrons. The fraction of sp³-hybridized carbons (Fsp3) is 0.750. The zero-order valence-electron chi connectivity index (χ0n) is 23.2. The maximum atomic E-state index is 13.0. The van der Waals surface area contributed by atoms with Crippen molar-refractivity contribution in [1.82, 2.24) is 13.7 Å². The van der Waals surface area contributed by atoms with E-state index in [1.165, 1.54) is 0 Å². The molecule has 1 aromatic heterocycles. The maximum absolute atomic E-state index is 13.0. The van der Waals surface area contributed by atoms with Gasteiger partial charge in [0, 0.05) is 14.2 Å². The molecule has 0 aliphatic carbocycles. The fourth-order valence-electron chi connectivity index (χ4n) is 3.22. The first-order valence-corrected chi connectivity index (χ1v) is 13.6. The quantitative estimate of drug-likeness (QED) is 0.151. The van der Waals surface area contributed by atoms with Gasteiger partial charge in [0.1, 0.15) is 19.8 Å². The number of carbonyl (C=O) groups is 3. The van der Waals surface area contributed by atoms with Crippen molar-refractivity contribution in [3.05, 3.63) is 31.5 Å². The molecule has 15 heteroatoms. The highest BCUT2D eigenvalue weighted by molar-refractivity contribution is 7.82. The van der Waals surface area contributed by atoms with E-state index >= 15 is 0 Å². The van der Waals surface area contributed by atoms with Crippen molar-refractivity contribution in [1.29, 1.82) is 0 Å². The van der Waals surface area contributed by atoms with Gasteiger partial charge in [-0.2, -0.15) is 37.9 Å². The minimum Gasteiger partial charge on any atom is -0.464 e. The zero-order valence-corrected chi connectivity index (χ0v) is 25.9. The molecule has 12 nitrogen and oxygen atoms in total. The molecule has 0 saturated carbocycles. The molecule has 1 aromatic rings. The number of hydrogen-bond acceptors (Lipinski definition) is 12. The molecular weight excluding hydrogens is 570 g/mol. The lowest BCUT2D eigenvalue weighted by Gasteiger charge is -2.18. The minimum absolute atomic E-state index is 0.00233. The summed E-state index contributed by atoms with van der Waals surface area (Å²) in [7, 11) is 0. The maximum Gasteiger partial charge on any atom is 0.336 e. The van der Waals surface area contributed by atoms with E-state index in [-0.39, 0.29) is 58.7 Å². The molecular formula is C24H39N3O9S3. The molecule has 0 unspecified atom stereocenters. The number of ether oxygens (including phenoxy) is 3. The Morgan fingerprint density at radius 2 is 0.744 bits per heavy atom. The molecule has 0 spiro atoms. The molecule has 0 amide bonds. The third-order valence-electron chi connectivity index (χ3n) is 4.85. The number of nitrogens with zero attached hydrogens (tertiary/aromatic N) is 3. The summed E-state index contributed by atoms with van der Waals surface area (Å²) >= 11 is 12.8. The smallest absolute Gasteiger partial charge is 0.336 e. The molecule has 0 bridgehead atoms. The summed E-state index contributed by atoms with van der Waals surface area (Å²) in [5.41, 5.74) is -2.90. The molecule has 0 aliphatic heterocycles. The van der Waals surface area contributed by atoms with Crippen LogP contribution >= 0.6 is 37.9 Å². The third kappa shape index (κ3) is 13.7. The highest BCUT2D eigenvalue weighted by Gasteiger charge is 2.22. The number of aromatic nitrogens is 3. The fourth-order valence-corrected chi connectivity index (χ4v) is 3.61. The highest BCUT2D eigenvalue weighted by Crippen LogP contribution is 2.18. The van der Waals surface area contributed by atoms with E-state index in [1.54, 1.807) is 41.5 Å².